The first-order valence-electron chi connectivity index (χ1n) is 9.48. The van der Waals surface area contributed by atoms with Gasteiger partial charge in [-0.25, -0.2) is 0 Å². The van der Waals surface area contributed by atoms with E-state index in [2.05, 4.69) is 34.6 Å². The first-order valence-corrected chi connectivity index (χ1v) is 10.5. The van der Waals surface area contributed by atoms with Gasteiger partial charge in [0.1, 0.15) is 5.04 Å². The Bertz CT molecular complexity index is 824. The van der Waals surface area contributed by atoms with Gasteiger partial charge in [0.15, 0.2) is 0 Å². The lowest BCUT2D eigenvalue weighted by Gasteiger charge is -2.14. The van der Waals surface area contributed by atoms with Crippen molar-refractivity contribution in [2.45, 2.75) is 51.1 Å². The van der Waals surface area contributed by atoms with Crippen molar-refractivity contribution in [1.82, 2.24) is 4.98 Å². The number of rotatable bonds is 6. The third-order valence-corrected chi connectivity index (χ3v) is 6.17. The van der Waals surface area contributed by atoms with Crippen LogP contribution in [-0.4, -0.2) is 40.4 Å². The van der Waals surface area contributed by atoms with Crippen LogP contribution in [0.4, 0.5) is 5.69 Å². The Morgan fingerprint density at radius 1 is 1.38 bits per heavy atom. The zero-order valence-electron chi connectivity index (χ0n) is 15.1. The lowest BCUT2D eigenvalue weighted by molar-refractivity contribution is -0.143. The van der Waals surface area contributed by atoms with Crippen molar-refractivity contribution in [3.05, 3.63) is 30.0 Å². The van der Waals surface area contributed by atoms with Gasteiger partial charge in [-0.2, -0.15) is 0 Å². The first kappa shape index (κ1) is 17.5. The first-order chi connectivity index (χ1) is 12.7. The number of hydrogen-bond donors (Lipinski definition) is 2. The van der Waals surface area contributed by atoms with Crippen molar-refractivity contribution < 1.29 is 9.53 Å². The topological polar surface area (TPSA) is 66.5 Å². The molecule has 1 unspecified atom stereocenters. The van der Waals surface area contributed by atoms with Crippen LogP contribution < -0.4 is 5.32 Å². The molecule has 1 aromatic carbocycles. The Morgan fingerprint density at radius 2 is 2.23 bits per heavy atom. The fourth-order valence-corrected chi connectivity index (χ4v) is 4.79. The number of nitrogens with zero attached hydrogens (tertiary/aromatic N) is 1. The summed E-state index contributed by atoms with van der Waals surface area (Å²) in [6.07, 6.45) is 5.50. The Labute approximate surface area is 158 Å². The average Bonchev–Trinajstić information content (AvgIpc) is 3.35. The molecule has 0 bridgehead atoms. The number of benzene rings is 1. The monoisotopic (exact) mass is 371 g/mol. The molecule has 1 aliphatic carbocycles. The van der Waals surface area contributed by atoms with Crippen molar-refractivity contribution in [1.29, 1.82) is 0 Å². The number of para-hydroxylation sites is 1. The molecule has 2 aromatic rings. The van der Waals surface area contributed by atoms with Crippen molar-refractivity contribution in [3.8, 4) is 0 Å². The smallest absolute Gasteiger partial charge is 0.307 e. The molecule has 0 spiro atoms. The van der Waals surface area contributed by atoms with E-state index in [1.165, 1.54) is 36.8 Å². The van der Waals surface area contributed by atoms with Crippen LogP contribution in [0.1, 0.15) is 44.7 Å². The van der Waals surface area contributed by atoms with Crippen molar-refractivity contribution in [3.63, 3.8) is 0 Å². The highest BCUT2D eigenvalue weighted by molar-refractivity contribution is 8.14. The van der Waals surface area contributed by atoms with Crippen molar-refractivity contribution in [2.24, 2.45) is 4.99 Å². The number of thioether (sulfide) groups is 1. The van der Waals surface area contributed by atoms with Crippen LogP contribution in [0.2, 0.25) is 0 Å². The number of ether oxygens (including phenoxy) is 1. The Hall–Kier alpha value is -1.95. The zero-order chi connectivity index (χ0) is 17.9. The molecule has 6 heteroatoms. The molecule has 26 heavy (non-hydrogen) atoms. The largest absolute Gasteiger partial charge is 0.466 e. The fraction of sp³-hybridized carbons (Fsp3) is 0.500. The third kappa shape index (κ3) is 3.75. The minimum atomic E-state index is -0.164. The molecular formula is C20H25N3O2S. The summed E-state index contributed by atoms with van der Waals surface area (Å²) in [5.74, 6) is 0.666. The molecule has 5 nitrogen and oxygen atoms in total. The quantitative estimate of drug-likeness (QED) is 0.742. The van der Waals surface area contributed by atoms with Gasteiger partial charge < -0.3 is 15.0 Å². The average molecular weight is 372 g/mol. The summed E-state index contributed by atoms with van der Waals surface area (Å²) in [5, 5.41) is 5.88. The van der Waals surface area contributed by atoms with Gasteiger partial charge in [0.2, 0.25) is 0 Å². The summed E-state index contributed by atoms with van der Waals surface area (Å²) in [4.78, 5) is 20.0. The van der Waals surface area contributed by atoms with Gasteiger partial charge in [-0.3, -0.25) is 9.79 Å². The number of fused-ring (bicyclic) bond motifs is 1. The number of aromatic nitrogens is 1. The molecule has 4 rings (SSSR count). The van der Waals surface area contributed by atoms with Gasteiger partial charge in [-0.05, 0) is 31.9 Å². The maximum atomic E-state index is 11.7. The van der Waals surface area contributed by atoms with E-state index in [1.807, 2.05) is 6.92 Å². The number of H-pyrrole nitrogens is 1. The van der Waals surface area contributed by atoms with E-state index >= 15 is 0 Å². The molecule has 1 saturated carbocycles. The van der Waals surface area contributed by atoms with E-state index in [4.69, 9.17) is 9.73 Å². The molecule has 1 fully saturated rings. The Kier molecular flexibility index (Phi) is 5.20. The molecular weight excluding hydrogens is 346 g/mol. The van der Waals surface area contributed by atoms with Gasteiger partial charge in [0.05, 0.1) is 36.0 Å². The molecule has 1 atom stereocenters. The van der Waals surface area contributed by atoms with Gasteiger partial charge in [-0.1, -0.05) is 25.0 Å². The van der Waals surface area contributed by atoms with Crippen LogP contribution in [0.25, 0.3) is 10.9 Å². The third-order valence-electron chi connectivity index (χ3n) is 5.02. The molecule has 2 aliphatic rings. The second-order valence-electron chi connectivity index (χ2n) is 6.99. The summed E-state index contributed by atoms with van der Waals surface area (Å²) in [5.41, 5.74) is 3.36. The van der Waals surface area contributed by atoms with E-state index in [0.29, 0.717) is 19.1 Å². The summed E-state index contributed by atoms with van der Waals surface area (Å²) < 4.78 is 5.04. The lowest BCUT2D eigenvalue weighted by atomic mass is 10.2. The molecule has 0 saturated heterocycles. The number of hydrogen-bond acceptors (Lipinski definition) is 5. The van der Waals surface area contributed by atoms with Gasteiger partial charge in [0.25, 0.3) is 0 Å². The van der Waals surface area contributed by atoms with E-state index in [0.717, 1.165) is 22.0 Å². The standard InChI is InChI=1S/C20H25N3O2S/c1-2-25-18(24)11-15-12-26-20(22-15)17-10-13-6-5-9-16(19(13)23-17)21-14-7-3-4-8-14/h5-6,9-10,14-15,21,23H,2-4,7-8,11-12H2,1H3. The highest BCUT2D eigenvalue weighted by Gasteiger charge is 2.24. The molecule has 0 radical (unpaired) electrons. The van der Waals surface area contributed by atoms with E-state index < -0.39 is 0 Å². The Morgan fingerprint density at radius 3 is 3.04 bits per heavy atom. The van der Waals surface area contributed by atoms with Crippen LogP contribution in [0.3, 0.4) is 0 Å². The Balaban J connectivity index is 1.53. The highest BCUT2D eigenvalue weighted by atomic mass is 32.2. The second kappa shape index (κ2) is 7.74. The minimum Gasteiger partial charge on any atom is -0.466 e. The summed E-state index contributed by atoms with van der Waals surface area (Å²) in [6.45, 7) is 2.26. The predicted octanol–water partition coefficient (Wildman–Crippen LogP) is 4.34. The number of nitrogens with one attached hydrogen (secondary N) is 2. The maximum absolute atomic E-state index is 11.7. The normalized spacial score (nSPS) is 20.5. The molecule has 2 N–H and O–H groups in total. The zero-order valence-corrected chi connectivity index (χ0v) is 15.9. The van der Waals surface area contributed by atoms with Gasteiger partial charge >= 0.3 is 5.97 Å². The maximum Gasteiger partial charge on any atom is 0.307 e. The van der Waals surface area contributed by atoms with E-state index in [-0.39, 0.29) is 12.0 Å². The fourth-order valence-electron chi connectivity index (χ4n) is 3.76. The predicted molar refractivity (Wildman–Crippen MR) is 108 cm³/mol. The van der Waals surface area contributed by atoms with Crippen LogP contribution in [-0.2, 0) is 9.53 Å². The van der Waals surface area contributed by atoms with Crippen LogP contribution in [0.15, 0.2) is 29.3 Å². The summed E-state index contributed by atoms with van der Waals surface area (Å²) in [6, 6.07) is 9.13. The molecule has 1 aromatic heterocycles. The van der Waals surface area contributed by atoms with Gasteiger partial charge in [0, 0.05) is 17.2 Å². The van der Waals surface area contributed by atoms with Crippen molar-refractivity contribution >= 4 is 39.4 Å². The minimum absolute atomic E-state index is 0.0107. The summed E-state index contributed by atoms with van der Waals surface area (Å²) >= 11 is 1.71. The molecule has 1 aliphatic heterocycles. The highest BCUT2D eigenvalue weighted by Crippen LogP contribution is 2.31. The van der Waals surface area contributed by atoms with E-state index in [1.54, 1.807) is 11.8 Å². The van der Waals surface area contributed by atoms with Crippen LogP contribution in [0.5, 0.6) is 0 Å². The van der Waals surface area contributed by atoms with Gasteiger partial charge in [-0.15, -0.1) is 11.8 Å². The number of carbonyl (C=O) groups is 1. The molecule has 0 amide bonds. The number of esters is 1. The lowest BCUT2D eigenvalue weighted by Crippen LogP contribution is -2.14. The number of aromatic amines is 1. The molecule has 138 valence electrons. The van der Waals surface area contributed by atoms with Crippen LogP contribution >= 0.6 is 11.8 Å². The number of carbonyl (C=O) groups excluding carboxylic acids is 1. The van der Waals surface area contributed by atoms with Crippen molar-refractivity contribution in [2.75, 3.05) is 17.7 Å². The molecule has 2 heterocycles. The summed E-state index contributed by atoms with van der Waals surface area (Å²) in [7, 11) is 0. The SMILES string of the molecule is CCOC(=O)CC1CSC(c2cc3cccc(NC4CCCC4)c3[nH]2)=N1. The number of anilines is 1. The second-order valence-corrected chi connectivity index (χ2v) is 8.00. The van der Waals surface area contributed by atoms with E-state index in [9.17, 15) is 4.79 Å². The van der Waals surface area contributed by atoms with Crippen LogP contribution in [0, 0.1) is 0 Å². The number of aliphatic imine (C=N–C) groups is 1.